The van der Waals surface area contributed by atoms with Crippen LogP contribution in [0.1, 0.15) is 0 Å². The largest absolute Gasteiger partial charge is 0.408 e. The minimum atomic E-state index is -4.32. The van der Waals surface area contributed by atoms with Crippen molar-refractivity contribution in [2.75, 3.05) is 0 Å². The highest BCUT2D eigenvalue weighted by molar-refractivity contribution is 6.31. The molecule has 0 fully saturated rings. The third-order valence-corrected chi connectivity index (χ3v) is 2.04. The van der Waals surface area contributed by atoms with Gasteiger partial charge < -0.3 is 0 Å². The van der Waals surface area contributed by atoms with Gasteiger partial charge in [-0.25, -0.2) is 4.68 Å². The summed E-state index contributed by atoms with van der Waals surface area (Å²) in [5.41, 5.74) is 0.670. The minimum Gasteiger partial charge on any atom is -0.235 e. The van der Waals surface area contributed by atoms with Gasteiger partial charge >= 0.3 is 6.18 Å². The van der Waals surface area contributed by atoms with E-state index in [9.17, 15) is 13.2 Å². The summed E-state index contributed by atoms with van der Waals surface area (Å²) < 4.78 is 37.2. The summed E-state index contributed by atoms with van der Waals surface area (Å²) in [6.45, 7) is -1.16. The standard InChI is InChI=1S/C8H5ClF3N3/c9-5-1-2-6-7(3-5)15(14-13-6)4-8(10,11)12/h1-3H,4H2. The van der Waals surface area contributed by atoms with E-state index in [4.69, 9.17) is 11.6 Å². The van der Waals surface area contributed by atoms with Gasteiger partial charge in [0.15, 0.2) is 0 Å². The smallest absolute Gasteiger partial charge is 0.235 e. The lowest BCUT2D eigenvalue weighted by Crippen LogP contribution is -2.18. The Bertz CT molecular complexity index is 491. The van der Waals surface area contributed by atoms with Gasteiger partial charge in [-0.15, -0.1) is 5.10 Å². The predicted molar refractivity (Wildman–Crippen MR) is 48.6 cm³/mol. The second-order valence-corrected chi connectivity index (χ2v) is 3.43. The summed E-state index contributed by atoms with van der Waals surface area (Å²) in [5.74, 6) is 0. The lowest BCUT2D eigenvalue weighted by Gasteiger charge is -2.05. The summed E-state index contributed by atoms with van der Waals surface area (Å²) in [6.07, 6.45) is -4.32. The van der Waals surface area contributed by atoms with E-state index in [1.807, 2.05) is 0 Å². The van der Waals surface area contributed by atoms with Crippen molar-refractivity contribution < 1.29 is 13.2 Å². The number of hydrogen-bond acceptors (Lipinski definition) is 2. The molecular weight excluding hydrogens is 231 g/mol. The lowest BCUT2D eigenvalue weighted by molar-refractivity contribution is -0.142. The van der Waals surface area contributed by atoms with E-state index < -0.39 is 12.7 Å². The number of nitrogens with zero attached hydrogens (tertiary/aromatic N) is 3. The second-order valence-electron chi connectivity index (χ2n) is 3.00. The first-order valence-corrected chi connectivity index (χ1v) is 4.39. The average Bonchev–Trinajstić information content (AvgIpc) is 2.46. The molecular formula is C8H5ClF3N3. The van der Waals surface area contributed by atoms with Crippen molar-refractivity contribution in [3.05, 3.63) is 23.2 Å². The topological polar surface area (TPSA) is 30.7 Å². The van der Waals surface area contributed by atoms with Crippen LogP contribution in [0.3, 0.4) is 0 Å². The van der Waals surface area contributed by atoms with Crippen molar-refractivity contribution >= 4 is 22.6 Å². The molecule has 0 amide bonds. The van der Waals surface area contributed by atoms with E-state index in [0.717, 1.165) is 4.68 Å². The van der Waals surface area contributed by atoms with Gasteiger partial charge in [0.2, 0.25) is 0 Å². The monoisotopic (exact) mass is 235 g/mol. The zero-order valence-electron chi connectivity index (χ0n) is 7.29. The highest BCUT2D eigenvalue weighted by atomic mass is 35.5. The fraction of sp³-hybridized carbons (Fsp3) is 0.250. The van der Waals surface area contributed by atoms with E-state index in [1.54, 1.807) is 6.07 Å². The van der Waals surface area contributed by atoms with Gasteiger partial charge in [-0.3, -0.25) is 0 Å². The fourth-order valence-corrected chi connectivity index (χ4v) is 1.39. The summed E-state index contributed by atoms with van der Waals surface area (Å²) >= 11 is 5.67. The van der Waals surface area contributed by atoms with Crippen LogP contribution in [-0.2, 0) is 6.54 Å². The number of aromatic nitrogens is 3. The van der Waals surface area contributed by atoms with Gasteiger partial charge in [0.05, 0.1) is 5.52 Å². The molecule has 80 valence electrons. The molecule has 0 radical (unpaired) electrons. The Hall–Kier alpha value is -1.30. The zero-order chi connectivity index (χ0) is 11.1. The summed E-state index contributed by atoms with van der Waals surface area (Å²) in [6, 6.07) is 4.48. The van der Waals surface area contributed by atoms with E-state index in [2.05, 4.69) is 10.3 Å². The van der Waals surface area contributed by atoms with Crippen LogP contribution >= 0.6 is 11.6 Å². The molecule has 15 heavy (non-hydrogen) atoms. The molecule has 0 aliphatic heterocycles. The van der Waals surface area contributed by atoms with Gasteiger partial charge in [0, 0.05) is 5.02 Å². The maximum absolute atomic E-state index is 12.1. The Morgan fingerprint density at radius 2 is 2.07 bits per heavy atom. The average molecular weight is 236 g/mol. The fourth-order valence-electron chi connectivity index (χ4n) is 1.22. The van der Waals surface area contributed by atoms with Crippen molar-refractivity contribution in [2.24, 2.45) is 0 Å². The molecule has 3 nitrogen and oxygen atoms in total. The van der Waals surface area contributed by atoms with E-state index >= 15 is 0 Å². The van der Waals surface area contributed by atoms with Crippen molar-refractivity contribution in [3.8, 4) is 0 Å². The molecule has 0 atom stereocenters. The first-order chi connectivity index (χ1) is 6.96. The zero-order valence-corrected chi connectivity index (χ0v) is 8.05. The third-order valence-electron chi connectivity index (χ3n) is 1.81. The van der Waals surface area contributed by atoms with Gasteiger partial charge in [-0.05, 0) is 18.2 Å². The summed E-state index contributed by atoms with van der Waals surface area (Å²) in [5, 5.41) is 7.36. The summed E-state index contributed by atoms with van der Waals surface area (Å²) in [4.78, 5) is 0. The van der Waals surface area contributed by atoms with Crippen LogP contribution in [-0.4, -0.2) is 21.2 Å². The third kappa shape index (κ3) is 2.20. The molecule has 1 aromatic heterocycles. The molecule has 1 aromatic carbocycles. The SMILES string of the molecule is FC(F)(F)Cn1nnc2ccc(Cl)cc21. The number of alkyl halides is 3. The Morgan fingerprint density at radius 3 is 2.73 bits per heavy atom. The maximum Gasteiger partial charge on any atom is 0.408 e. The Kier molecular flexibility index (Phi) is 2.30. The molecule has 0 N–H and O–H groups in total. The lowest BCUT2D eigenvalue weighted by atomic mass is 10.3. The molecule has 7 heteroatoms. The van der Waals surface area contributed by atoms with Gasteiger partial charge in [-0.1, -0.05) is 16.8 Å². The predicted octanol–water partition coefficient (Wildman–Crippen LogP) is 2.65. The van der Waals surface area contributed by atoms with E-state index in [1.165, 1.54) is 12.1 Å². The van der Waals surface area contributed by atoms with Crippen molar-refractivity contribution in [1.82, 2.24) is 15.0 Å². The quantitative estimate of drug-likeness (QED) is 0.761. The Labute approximate surface area is 87.4 Å². The number of rotatable bonds is 1. The number of benzene rings is 1. The molecule has 0 aliphatic carbocycles. The second kappa shape index (κ2) is 3.37. The number of halogens is 4. The molecule has 0 unspecified atom stereocenters. The highest BCUT2D eigenvalue weighted by Gasteiger charge is 2.29. The van der Waals surface area contributed by atoms with Crippen LogP contribution in [0.5, 0.6) is 0 Å². The van der Waals surface area contributed by atoms with E-state index in [-0.39, 0.29) is 5.52 Å². The van der Waals surface area contributed by atoms with Crippen LogP contribution in [0.4, 0.5) is 13.2 Å². The van der Waals surface area contributed by atoms with Gasteiger partial charge in [0.25, 0.3) is 0 Å². The number of fused-ring (bicyclic) bond motifs is 1. The normalized spacial score (nSPS) is 12.3. The Morgan fingerprint density at radius 1 is 1.33 bits per heavy atom. The van der Waals surface area contributed by atoms with Gasteiger partial charge in [-0.2, -0.15) is 13.2 Å². The molecule has 2 aromatic rings. The minimum absolute atomic E-state index is 0.278. The summed E-state index contributed by atoms with van der Waals surface area (Å²) in [7, 11) is 0. The van der Waals surface area contributed by atoms with Crippen LogP contribution in [0.25, 0.3) is 11.0 Å². The molecule has 1 heterocycles. The first kappa shape index (κ1) is 10.2. The molecule has 0 spiro atoms. The first-order valence-electron chi connectivity index (χ1n) is 4.01. The highest BCUT2D eigenvalue weighted by Crippen LogP contribution is 2.22. The van der Waals surface area contributed by atoms with Crippen LogP contribution in [0.2, 0.25) is 5.02 Å². The molecule has 0 saturated heterocycles. The maximum atomic E-state index is 12.1. The van der Waals surface area contributed by atoms with Crippen LogP contribution < -0.4 is 0 Å². The molecule has 0 aliphatic rings. The van der Waals surface area contributed by atoms with Crippen LogP contribution in [0.15, 0.2) is 18.2 Å². The molecule has 2 rings (SSSR count). The Balaban J connectivity index is 2.48. The van der Waals surface area contributed by atoms with Crippen molar-refractivity contribution in [2.45, 2.75) is 12.7 Å². The van der Waals surface area contributed by atoms with Gasteiger partial charge in [0.1, 0.15) is 12.1 Å². The van der Waals surface area contributed by atoms with E-state index in [0.29, 0.717) is 10.5 Å². The molecule has 0 bridgehead atoms. The number of hydrogen-bond donors (Lipinski definition) is 0. The van der Waals surface area contributed by atoms with Crippen molar-refractivity contribution in [1.29, 1.82) is 0 Å². The van der Waals surface area contributed by atoms with Crippen molar-refractivity contribution in [3.63, 3.8) is 0 Å². The van der Waals surface area contributed by atoms with Crippen LogP contribution in [0, 0.1) is 0 Å². The molecule has 0 saturated carbocycles.